The molecule has 0 spiro atoms. The van der Waals surface area contributed by atoms with Gasteiger partial charge in [0.15, 0.2) is 5.96 Å². The fourth-order valence-corrected chi connectivity index (χ4v) is 1.94. The minimum Gasteiger partial charge on any atom is -0.370 e. The SMILES string of the molecule is CCC(C)NC(N)=NCc1cccc(-c2ccccn2)c1.I. The average Bonchev–Trinajstić information content (AvgIpc) is 2.54. The van der Waals surface area contributed by atoms with E-state index < -0.39 is 0 Å². The van der Waals surface area contributed by atoms with Gasteiger partial charge in [-0.15, -0.1) is 24.0 Å². The Kier molecular flexibility index (Phi) is 7.87. The van der Waals surface area contributed by atoms with Gasteiger partial charge in [-0.25, -0.2) is 4.99 Å². The van der Waals surface area contributed by atoms with Gasteiger partial charge in [-0.3, -0.25) is 4.98 Å². The molecule has 1 unspecified atom stereocenters. The van der Waals surface area contributed by atoms with Crippen LogP contribution in [-0.4, -0.2) is 17.0 Å². The fraction of sp³-hybridized carbons (Fsp3) is 0.294. The van der Waals surface area contributed by atoms with Gasteiger partial charge in [-0.1, -0.05) is 31.2 Å². The molecule has 118 valence electrons. The summed E-state index contributed by atoms with van der Waals surface area (Å²) in [5.74, 6) is 0.493. The standard InChI is InChI=1S/C17H22N4.HI/c1-3-13(2)21-17(18)20-12-14-7-6-8-15(11-14)16-9-4-5-10-19-16;/h4-11,13H,3,12H2,1-2H3,(H3,18,20,21);1H. The van der Waals surface area contributed by atoms with Crippen molar-refractivity contribution in [2.75, 3.05) is 0 Å². The molecule has 1 heterocycles. The second-order valence-corrected chi connectivity index (χ2v) is 5.07. The Morgan fingerprint density at radius 2 is 2.09 bits per heavy atom. The molecule has 22 heavy (non-hydrogen) atoms. The summed E-state index contributed by atoms with van der Waals surface area (Å²) in [4.78, 5) is 8.74. The van der Waals surface area contributed by atoms with E-state index in [1.807, 2.05) is 30.3 Å². The fourth-order valence-electron chi connectivity index (χ4n) is 1.94. The number of benzene rings is 1. The maximum Gasteiger partial charge on any atom is 0.189 e. The number of guanidine groups is 1. The Hall–Kier alpha value is -1.63. The molecule has 0 saturated heterocycles. The number of pyridine rings is 1. The molecule has 0 aliphatic rings. The van der Waals surface area contributed by atoms with Gasteiger partial charge in [0.1, 0.15) is 0 Å². The maximum atomic E-state index is 5.87. The van der Waals surface area contributed by atoms with Crippen molar-refractivity contribution in [2.45, 2.75) is 32.9 Å². The zero-order valence-corrected chi connectivity index (χ0v) is 15.3. The minimum absolute atomic E-state index is 0. The normalized spacial score (nSPS) is 12.4. The van der Waals surface area contributed by atoms with Gasteiger partial charge in [0, 0.05) is 17.8 Å². The molecule has 0 bridgehead atoms. The summed E-state index contributed by atoms with van der Waals surface area (Å²) in [7, 11) is 0. The van der Waals surface area contributed by atoms with E-state index in [0.717, 1.165) is 23.2 Å². The van der Waals surface area contributed by atoms with Crippen molar-refractivity contribution in [3.05, 3.63) is 54.2 Å². The molecular weight excluding hydrogens is 387 g/mol. The lowest BCUT2D eigenvalue weighted by atomic mass is 10.1. The lowest BCUT2D eigenvalue weighted by Gasteiger charge is -2.11. The van der Waals surface area contributed by atoms with Crippen LogP contribution in [0.4, 0.5) is 0 Å². The molecule has 0 aliphatic heterocycles. The molecule has 0 aliphatic carbocycles. The van der Waals surface area contributed by atoms with Crippen molar-refractivity contribution >= 4 is 29.9 Å². The number of nitrogens with one attached hydrogen (secondary N) is 1. The van der Waals surface area contributed by atoms with E-state index in [0.29, 0.717) is 18.5 Å². The van der Waals surface area contributed by atoms with E-state index in [1.54, 1.807) is 6.20 Å². The van der Waals surface area contributed by atoms with Crippen molar-refractivity contribution in [3.63, 3.8) is 0 Å². The summed E-state index contributed by atoms with van der Waals surface area (Å²) < 4.78 is 0. The molecule has 3 N–H and O–H groups in total. The lowest BCUT2D eigenvalue weighted by molar-refractivity contribution is 0.636. The third kappa shape index (κ3) is 5.63. The Morgan fingerprint density at radius 3 is 2.77 bits per heavy atom. The molecule has 5 heteroatoms. The van der Waals surface area contributed by atoms with Crippen LogP contribution < -0.4 is 11.1 Å². The highest BCUT2D eigenvalue weighted by Crippen LogP contribution is 2.18. The monoisotopic (exact) mass is 410 g/mol. The summed E-state index contributed by atoms with van der Waals surface area (Å²) in [5.41, 5.74) is 9.05. The number of nitrogens with zero attached hydrogens (tertiary/aromatic N) is 2. The average molecular weight is 410 g/mol. The quantitative estimate of drug-likeness (QED) is 0.450. The predicted octanol–water partition coefficient (Wildman–Crippen LogP) is 3.57. The van der Waals surface area contributed by atoms with Gasteiger partial charge in [-0.2, -0.15) is 0 Å². The number of hydrogen-bond acceptors (Lipinski definition) is 2. The van der Waals surface area contributed by atoms with Crippen molar-refractivity contribution in [3.8, 4) is 11.3 Å². The molecule has 4 nitrogen and oxygen atoms in total. The van der Waals surface area contributed by atoms with E-state index >= 15 is 0 Å². The largest absolute Gasteiger partial charge is 0.370 e. The van der Waals surface area contributed by atoms with Gasteiger partial charge < -0.3 is 11.1 Å². The Balaban J connectivity index is 0.00000242. The van der Waals surface area contributed by atoms with Crippen molar-refractivity contribution in [2.24, 2.45) is 10.7 Å². The Bertz CT molecular complexity index is 599. The van der Waals surface area contributed by atoms with Crippen LogP contribution in [0, 0.1) is 0 Å². The molecule has 0 saturated carbocycles. The zero-order valence-electron chi connectivity index (χ0n) is 13.0. The maximum absolute atomic E-state index is 5.87. The number of halogens is 1. The van der Waals surface area contributed by atoms with Crippen LogP contribution in [0.25, 0.3) is 11.3 Å². The van der Waals surface area contributed by atoms with Gasteiger partial charge in [0.25, 0.3) is 0 Å². The number of hydrogen-bond donors (Lipinski definition) is 2. The van der Waals surface area contributed by atoms with E-state index in [-0.39, 0.29) is 24.0 Å². The second-order valence-electron chi connectivity index (χ2n) is 5.07. The molecule has 1 aromatic heterocycles. The van der Waals surface area contributed by atoms with Crippen LogP contribution in [0.15, 0.2) is 53.7 Å². The number of nitrogens with two attached hydrogens (primary N) is 1. The number of aliphatic imine (C=N–C) groups is 1. The molecule has 0 amide bonds. The van der Waals surface area contributed by atoms with Crippen LogP contribution in [0.3, 0.4) is 0 Å². The van der Waals surface area contributed by atoms with Crippen molar-refractivity contribution in [1.29, 1.82) is 0 Å². The van der Waals surface area contributed by atoms with E-state index in [1.165, 1.54) is 0 Å². The summed E-state index contributed by atoms with van der Waals surface area (Å²) in [6.45, 7) is 4.77. The lowest BCUT2D eigenvalue weighted by Crippen LogP contribution is -2.38. The molecule has 1 atom stereocenters. The summed E-state index contributed by atoms with van der Waals surface area (Å²) in [6, 6.07) is 14.5. The molecule has 1 aromatic carbocycles. The van der Waals surface area contributed by atoms with Gasteiger partial charge >= 0.3 is 0 Å². The van der Waals surface area contributed by atoms with Crippen LogP contribution in [0.1, 0.15) is 25.8 Å². The molecule has 0 radical (unpaired) electrons. The summed E-state index contributed by atoms with van der Waals surface area (Å²) in [6.07, 6.45) is 2.82. The van der Waals surface area contributed by atoms with Gasteiger partial charge in [-0.05, 0) is 37.1 Å². The van der Waals surface area contributed by atoms with Crippen LogP contribution in [0.2, 0.25) is 0 Å². The third-order valence-electron chi connectivity index (χ3n) is 3.33. The first-order chi connectivity index (χ1) is 10.2. The van der Waals surface area contributed by atoms with Crippen LogP contribution in [0.5, 0.6) is 0 Å². The van der Waals surface area contributed by atoms with Crippen molar-refractivity contribution < 1.29 is 0 Å². The molecule has 0 fully saturated rings. The van der Waals surface area contributed by atoms with E-state index in [4.69, 9.17) is 5.73 Å². The molecular formula is C17H23IN4. The second kappa shape index (κ2) is 9.40. The first kappa shape index (κ1) is 18.4. The third-order valence-corrected chi connectivity index (χ3v) is 3.33. The predicted molar refractivity (Wildman–Crippen MR) is 103 cm³/mol. The highest BCUT2D eigenvalue weighted by Gasteiger charge is 2.01. The van der Waals surface area contributed by atoms with Crippen molar-refractivity contribution in [1.82, 2.24) is 10.3 Å². The highest BCUT2D eigenvalue weighted by atomic mass is 127. The Morgan fingerprint density at radius 1 is 1.27 bits per heavy atom. The highest BCUT2D eigenvalue weighted by molar-refractivity contribution is 14.0. The Labute approximate surface area is 149 Å². The van der Waals surface area contributed by atoms with E-state index in [2.05, 4.69) is 41.3 Å². The van der Waals surface area contributed by atoms with Gasteiger partial charge in [0.05, 0.1) is 12.2 Å². The van der Waals surface area contributed by atoms with Crippen LogP contribution >= 0.6 is 24.0 Å². The summed E-state index contributed by atoms with van der Waals surface area (Å²) in [5, 5.41) is 3.16. The first-order valence-corrected chi connectivity index (χ1v) is 7.26. The van der Waals surface area contributed by atoms with Crippen LogP contribution in [-0.2, 0) is 6.54 Å². The minimum atomic E-state index is 0. The van der Waals surface area contributed by atoms with E-state index in [9.17, 15) is 0 Å². The first-order valence-electron chi connectivity index (χ1n) is 7.26. The molecule has 2 rings (SSSR count). The van der Waals surface area contributed by atoms with Gasteiger partial charge in [0.2, 0.25) is 0 Å². The number of rotatable bonds is 5. The number of aromatic nitrogens is 1. The zero-order chi connectivity index (χ0) is 15.1. The summed E-state index contributed by atoms with van der Waals surface area (Å²) >= 11 is 0. The smallest absolute Gasteiger partial charge is 0.189 e. The molecule has 2 aromatic rings. The topological polar surface area (TPSA) is 63.3 Å².